The van der Waals surface area contributed by atoms with Crippen molar-refractivity contribution in [3.05, 3.63) is 46.8 Å². The second-order valence-corrected chi connectivity index (χ2v) is 5.16. The summed E-state index contributed by atoms with van der Waals surface area (Å²) in [7, 11) is 1.80. The van der Waals surface area contributed by atoms with Crippen LogP contribution < -0.4 is 5.32 Å². The van der Waals surface area contributed by atoms with Crippen molar-refractivity contribution < 1.29 is 14.3 Å². The molecule has 22 heavy (non-hydrogen) atoms. The van der Waals surface area contributed by atoms with Crippen molar-refractivity contribution >= 4 is 17.6 Å². The Morgan fingerprint density at radius 1 is 1.18 bits per heavy atom. The first-order chi connectivity index (χ1) is 10.4. The zero-order chi connectivity index (χ0) is 16.3. The number of aryl methyl sites for hydroxylation is 3. The Morgan fingerprint density at radius 2 is 1.82 bits per heavy atom. The van der Waals surface area contributed by atoms with Crippen molar-refractivity contribution in [1.29, 1.82) is 0 Å². The van der Waals surface area contributed by atoms with E-state index in [1.165, 1.54) is 0 Å². The second kappa shape index (κ2) is 6.43. The van der Waals surface area contributed by atoms with E-state index in [0.717, 1.165) is 17.0 Å². The molecule has 0 bridgehead atoms. The van der Waals surface area contributed by atoms with Crippen molar-refractivity contribution in [3.63, 3.8) is 0 Å². The highest BCUT2D eigenvalue weighted by Gasteiger charge is 2.14. The third kappa shape index (κ3) is 3.52. The van der Waals surface area contributed by atoms with E-state index in [9.17, 15) is 9.59 Å². The van der Waals surface area contributed by atoms with Crippen molar-refractivity contribution in [3.8, 4) is 0 Å². The number of hydrogen-bond donors (Lipinski definition) is 1. The van der Waals surface area contributed by atoms with E-state index < -0.39 is 5.97 Å². The van der Waals surface area contributed by atoms with Gasteiger partial charge in [-0.05, 0) is 32.9 Å². The molecule has 0 fully saturated rings. The van der Waals surface area contributed by atoms with Gasteiger partial charge in [0.2, 0.25) is 0 Å². The van der Waals surface area contributed by atoms with Crippen molar-refractivity contribution in [2.75, 3.05) is 11.9 Å². The van der Waals surface area contributed by atoms with Gasteiger partial charge in [0.05, 0.1) is 22.6 Å². The van der Waals surface area contributed by atoms with Crippen LogP contribution in [0.1, 0.15) is 27.3 Å². The summed E-state index contributed by atoms with van der Waals surface area (Å²) in [5, 5.41) is 6.92. The molecule has 1 N–H and O–H groups in total. The minimum atomic E-state index is -0.519. The smallest absolute Gasteiger partial charge is 0.338 e. The number of aromatic nitrogens is 2. The predicted molar refractivity (Wildman–Crippen MR) is 82.8 cm³/mol. The van der Waals surface area contributed by atoms with Gasteiger partial charge in [-0.15, -0.1) is 0 Å². The Balaban J connectivity index is 1.92. The number of carbonyl (C=O) groups excluding carboxylic acids is 2. The number of ether oxygens (including phenoxy) is 1. The van der Waals surface area contributed by atoms with Crippen molar-refractivity contribution in [2.45, 2.75) is 20.8 Å². The maximum atomic E-state index is 11.9. The molecule has 1 heterocycles. The highest BCUT2D eigenvalue weighted by atomic mass is 16.5. The average Bonchev–Trinajstić information content (AvgIpc) is 2.72. The molecule has 0 saturated carbocycles. The maximum absolute atomic E-state index is 11.9. The Morgan fingerprint density at radius 3 is 2.36 bits per heavy atom. The SMILES string of the molecule is Cc1ccc(C(=O)OCC(=O)Nc2c(C)nn(C)c2C)cc1. The molecule has 1 amide bonds. The van der Waals surface area contributed by atoms with Gasteiger partial charge in [-0.1, -0.05) is 17.7 Å². The molecular weight excluding hydrogens is 282 g/mol. The van der Waals surface area contributed by atoms with E-state index in [2.05, 4.69) is 10.4 Å². The van der Waals surface area contributed by atoms with E-state index in [1.54, 1.807) is 30.8 Å². The molecule has 0 saturated heterocycles. The van der Waals surface area contributed by atoms with Crippen LogP contribution in [0.5, 0.6) is 0 Å². The normalized spacial score (nSPS) is 10.4. The lowest BCUT2D eigenvalue weighted by molar-refractivity contribution is -0.119. The fourth-order valence-corrected chi connectivity index (χ4v) is 2.03. The van der Waals surface area contributed by atoms with E-state index in [-0.39, 0.29) is 12.5 Å². The first kappa shape index (κ1) is 15.8. The van der Waals surface area contributed by atoms with Crippen LogP contribution in [0.2, 0.25) is 0 Å². The number of rotatable bonds is 4. The van der Waals surface area contributed by atoms with Crippen LogP contribution in [-0.2, 0) is 16.6 Å². The molecule has 0 aliphatic rings. The molecule has 6 heteroatoms. The van der Waals surface area contributed by atoms with Crippen molar-refractivity contribution in [2.24, 2.45) is 7.05 Å². The van der Waals surface area contributed by atoms with Gasteiger partial charge in [-0.25, -0.2) is 4.79 Å². The molecule has 116 valence electrons. The summed E-state index contributed by atoms with van der Waals surface area (Å²) in [5.41, 5.74) is 3.69. The number of nitrogens with zero attached hydrogens (tertiary/aromatic N) is 2. The van der Waals surface area contributed by atoms with Gasteiger partial charge in [-0.3, -0.25) is 9.48 Å². The summed E-state index contributed by atoms with van der Waals surface area (Å²) in [4.78, 5) is 23.7. The molecular formula is C16H19N3O3. The van der Waals surface area contributed by atoms with Crippen LogP contribution in [0.4, 0.5) is 5.69 Å². The highest BCUT2D eigenvalue weighted by molar-refractivity contribution is 5.96. The molecule has 6 nitrogen and oxygen atoms in total. The summed E-state index contributed by atoms with van der Waals surface area (Å²) in [6.45, 7) is 5.26. The van der Waals surface area contributed by atoms with E-state index in [0.29, 0.717) is 11.3 Å². The molecule has 0 unspecified atom stereocenters. The van der Waals surface area contributed by atoms with E-state index in [1.807, 2.05) is 26.0 Å². The Labute approximate surface area is 129 Å². The van der Waals surface area contributed by atoms with Gasteiger partial charge in [-0.2, -0.15) is 5.10 Å². The first-order valence-electron chi connectivity index (χ1n) is 6.92. The van der Waals surface area contributed by atoms with Gasteiger partial charge in [0.1, 0.15) is 0 Å². The van der Waals surface area contributed by atoms with E-state index >= 15 is 0 Å². The fourth-order valence-electron chi connectivity index (χ4n) is 2.03. The fraction of sp³-hybridized carbons (Fsp3) is 0.312. The molecule has 0 atom stereocenters. The van der Waals surface area contributed by atoms with Crippen LogP contribution >= 0.6 is 0 Å². The number of amides is 1. The van der Waals surface area contributed by atoms with Crippen LogP contribution in [0.15, 0.2) is 24.3 Å². The zero-order valence-electron chi connectivity index (χ0n) is 13.1. The Hall–Kier alpha value is -2.63. The minimum absolute atomic E-state index is 0.333. The van der Waals surface area contributed by atoms with Crippen LogP contribution in [0, 0.1) is 20.8 Å². The lowest BCUT2D eigenvalue weighted by Gasteiger charge is -2.07. The molecule has 0 aliphatic heterocycles. The minimum Gasteiger partial charge on any atom is -0.452 e. The molecule has 1 aromatic heterocycles. The van der Waals surface area contributed by atoms with Gasteiger partial charge >= 0.3 is 5.97 Å². The number of anilines is 1. The number of hydrogen-bond acceptors (Lipinski definition) is 4. The van der Waals surface area contributed by atoms with Gasteiger partial charge in [0, 0.05) is 7.05 Å². The summed E-state index contributed by atoms with van der Waals surface area (Å²) in [6, 6.07) is 6.98. The van der Waals surface area contributed by atoms with Gasteiger partial charge < -0.3 is 10.1 Å². The molecule has 2 aromatic rings. The summed E-state index contributed by atoms with van der Waals surface area (Å²) >= 11 is 0. The maximum Gasteiger partial charge on any atom is 0.338 e. The molecule has 2 rings (SSSR count). The molecule has 0 spiro atoms. The van der Waals surface area contributed by atoms with Crippen LogP contribution in [-0.4, -0.2) is 28.3 Å². The quantitative estimate of drug-likeness (QED) is 0.878. The third-order valence-electron chi connectivity index (χ3n) is 3.40. The monoisotopic (exact) mass is 301 g/mol. The summed E-state index contributed by atoms with van der Waals surface area (Å²) in [6.07, 6.45) is 0. The number of esters is 1. The molecule has 1 aromatic carbocycles. The van der Waals surface area contributed by atoms with Crippen LogP contribution in [0.25, 0.3) is 0 Å². The predicted octanol–water partition coefficient (Wildman–Crippen LogP) is 2.14. The average molecular weight is 301 g/mol. The Kier molecular flexibility index (Phi) is 4.60. The van der Waals surface area contributed by atoms with Crippen molar-refractivity contribution in [1.82, 2.24) is 9.78 Å². The van der Waals surface area contributed by atoms with E-state index in [4.69, 9.17) is 4.74 Å². The van der Waals surface area contributed by atoms with Crippen LogP contribution in [0.3, 0.4) is 0 Å². The number of nitrogens with one attached hydrogen (secondary N) is 1. The van der Waals surface area contributed by atoms with Gasteiger partial charge in [0.15, 0.2) is 6.61 Å². The zero-order valence-corrected chi connectivity index (χ0v) is 13.1. The molecule has 0 radical (unpaired) electrons. The number of benzene rings is 1. The third-order valence-corrected chi connectivity index (χ3v) is 3.40. The second-order valence-electron chi connectivity index (χ2n) is 5.16. The highest BCUT2D eigenvalue weighted by Crippen LogP contribution is 2.18. The number of carbonyl (C=O) groups is 2. The largest absolute Gasteiger partial charge is 0.452 e. The topological polar surface area (TPSA) is 73.2 Å². The molecule has 0 aliphatic carbocycles. The standard InChI is InChI=1S/C16H19N3O3/c1-10-5-7-13(8-6-10)16(21)22-9-14(20)17-15-11(2)18-19(4)12(15)3/h5-8H,9H2,1-4H3,(H,17,20). The lowest BCUT2D eigenvalue weighted by atomic mass is 10.1. The summed E-state index contributed by atoms with van der Waals surface area (Å²) in [5.74, 6) is -0.908. The Bertz CT molecular complexity index is 702. The summed E-state index contributed by atoms with van der Waals surface area (Å²) < 4.78 is 6.69. The lowest BCUT2D eigenvalue weighted by Crippen LogP contribution is -2.21. The first-order valence-corrected chi connectivity index (χ1v) is 6.92. The van der Waals surface area contributed by atoms with Gasteiger partial charge in [0.25, 0.3) is 5.91 Å².